The fraction of sp³-hybridized carbons (Fsp3) is 0.529. The first-order valence-electron chi connectivity index (χ1n) is 6.83. The van der Waals surface area contributed by atoms with E-state index in [2.05, 4.69) is 64.7 Å². The third-order valence-electron chi connectivity index (χ3n) is 3.69. The third kappa shape index (κ3) is 3.71. The Labute approximate surface area is 112 Å². The molecule has 1 aromatic carbocycles. The van der Waals surface area contributed by atoms with Gasteiger partial charge in [0.25, 0.3) is 0 Å². The van der Waals surface area contributed by atoms with E-state index in [1.54, 1.807) is 0 Å². The first kappa shape index (κ1) is 15.0. The average molecular weight is 245 g/mol. The summed E-state index contributed by atoms with van der Waals surface area (Å²) in [6, 6.07) is 4.55. The van der Waals surface area contributed by atoms with Crippen LogP contribution < -0.4 is 5.32 Å². The van der Waals surface area contributed by atoms with E-state index >= 15 is 0 Å². The molecule has 0 aliphatic heterocycles. The van der Waals surface area contributed by atoms with Gasteiger partial charge in [0.05, 0.1) is 0 Å². The lowest BCUT2D eigenvalue weighted by Crippen LogP contribution is -2.32. The van der Waals surface area contributed by atoms with Gasteiger partial charge in [0.2, 0.25) is 0 Å². The molecule has 1 N–H and O–H groups in total. The first-order chi connectivity index (χ1) is 8.41. The van der Waals surface area contributed by atoms with E-state index in [-0.39, 0.29) is 5.41 Å². The number of hydrogen-bond acceptors (Lipinski definition) is 1. The highest BCUT2D eigenvalue weighted by atomic mass is 14.9. The lowest BCUT2D eigenvalue weighted by molar-refractivity contribution is 0.394. The Hall–Kier alpha value is -1.08. The van der Waals surface area contributed by atoms with Crippen LogP contribution in [0.4, 0.5) is 0 Å². The molecule has 1 heteroatoms. The molecule has 0 bridgehead atoms. The second-order valence-electron chi connectivity index (χ2n) is 5.69. The fourth-order valence-corrected chi connectivity index (χ4v) is 2.51. The molecule has 0 saturated carbocycles. The maximum absolute atomic E-state index is 4.02. The summed E-state index contributed by atoms with van der Waals surface area (Å²) in [6.45, 7) is 17.0. The van der Waals surface area contributed by atoms with Crippen LogP contribution in [0.2, 0.25) is 0 Å². The van der Waals surface area contributed by atoms with Gasteiger partial charge in [-0.3, -0.25) is 0 Å². The molecule has 0 heterocycles. The molecule has 1 rings (SSSR count). The van der Waals surface area contributed by atoms with Crippen molar-refractivity contribution in [2.24, 2.45) is 5.41 Å². The van der Waals surface area contributed by atoms with Crippen LogP contribution in [0.1, 0.15) is 36.1 Å². The van der Waals surface area contributed by atoms with Crippen LogP contribution in [0.3, 0.4) is 0 Å². The molecule has 18 heavy (non-hydrogen) atoms. The topological polar surface area (TPSA) is 12.0 Å². The van der Waals surface area contributed by atoms with Crippen molar-refractivity contribution >= 4 is 0 Å². The van der Waals surface area contributed by atoms with Crippen LogP contribution in [0.15, 0.2) is 24.8 Å². The quantitative estimate of drug-likeness (QED) is 0.748. The van der Waals surface area contributed by atoms with Gasteiger partial charge in [0.1, 0.15) is 0 Å². The average Bonchev–Trinajstić information content (AvgIpc) is 2.31. The van der Waals surface area contributed by atoms with Gasteiger partial charge in [-0.25, -0.2) is 0 Å². The van der Waals surface area contributed by atoms with Crippen LogP contribution in [0, 0.1) is 26.2 Å². The molecular weight excluding hydrogens is 218 g/mol. The molecule has 1 atom stereocenters. The summed E-state index contributed by atoms with van der Waals surface area (Å²) in [4.78, 5) is 0. The second kappa shape index (κ2) is 6.19. The molecule has 0 radical (unpaired) electrons. The van der Waals surface area contributed by atoms with Crippen molar-refractivity contribution in [1.29, 1.82) is 0 Å². The van der Waals surface area contributed by atoms with Crippen molar-refractivity contribution in [2.75, 3.05) is 13.1 Å². The van der Waals surface area contributed by atoms with Crippen molar-refractivity contribution in [3.8, 4) is 0 Å². The molecule has 1 unspecified atom stereocenters. The van der Waals surface area contributed by atoms with Crippen molar-refractivity contribution in [1.82, 2.24) is 5.32 Å². The van der Waals surface area contributed by atoms with E-state index in [4.69, 9.17) is 0 Å². The van der Waals surface area contributed by atoms with Gasteiger partial charge in [-0.1, -0.05) is 37.6 Å². The van der Waals surface area contributed by atoms with Crippen molar-refractivity contribution in [3.05, 3.63) is 47.0 Å². The van der Waals surface area contributed by atoms with E-state index in [0.29, 0.717) is 0 Å². The summed E-state index contributed by atoms with van der Waals surface area (Å²) in [7, 11) is 0. The molecule has 0 aromatic heterocycles. The van der Waals surface area contributed by atoms with Gasteiger partial charge < -0.3 is 5.32 Å². The zero-order valence-corrected chi connectivity index (χ0v) is 12.6. The van der Waals surface area contributed by atoms with Crippen LogP contribution >= 0.6 is 0 Å². The third-order valence-corrected chi connectivity index (χ3v) is 3.69. The summed E-state index contributed by atoms with van der Waals surface area (Å²) < 4.78 is 0. The van der Waals surface area contributed by atoms with E-state index in [1.807, 2.05) is 0 Å². The Morgan fingerprint density at radius 3 is 2.22 bits per heavy atom. The summed E-state index contributed by atoms with van der Waals surface area (Å²) in [5, 5.41) is 3.44. The van der Waals surface area contributed by atoms with Crippen LogP contribution in [0.25, 0.3) is 0 Å². The summed E-state index contributed by atoms with van der Waals surface area (Å²) in [6.07, 6.45) is 3.15. The molecule has 1 aromatic rings. The monoisotopic (exact) mass is 245 g/mol. The van der Waals surface area contributed by atoms with Crippen molar-refractivity contribution < 1.29 is 0 Å². The molecule has 1 nitrogen and oxygen atoms in total. The smallest absolute Gasteiger partial charge is 0.00428 e. The summed E-state index contributed by atoms with van der Waals surface area (Å²) in [5.41, 5.74) is 5.75. The molecule has 0 spiro atoms. The first-order valence-corrected chi connectivity index (χ1v) is 6.83. The van der Waals surface area contributed by atoms with E-state index in [0.717, 1.165) is 19.5 Å². The number of rotatable bonds is 6. The molecule has 0 amide bonds. The van der Waals surface area contributed by atoms with Gasteiger partial charge in [-0.15, -0.1) is 6.58 Å². The van der Waals surface area contributed by atoms with Gasteiger partial charge in [0.15, 0.2) is 0 Å². The highest BCUT2D eigenvalue weighted by molar-refractivity contribution is 5.38. The molecule has 0 fully saturated rings. The molecule has 0 saturated heterocycles. The standard InChI is InChI=1S/C17H27N/c1-7-17(6,12-18-8-2)11-16-14(4)9-13(3)10-15(16)5/h7,9-10,18H,1,8,11-12H2,2-6H3. The van der Waals surface area contributed by atoms with Gasteiger partial charge in [0, 0.05) is 12.0 Å². The Morgan fingerprint density at radius 1 is 1.22 bits per heavy atom. The lowest BCUT2D eigenvalue weighted by Gasteiger charge is -2.28. The molecule has 0 aliphatic rings. The maximum Gasteiger partial charge on any atom is 0.00428 e. The van der Waals surface area contributed by atoms with Crippen LogP contribution in [0.5, 0.6) is 0 Å². The van der Waals surface area contributed by atoms with Crippen molar-refractivity contribution in [2.45, 2.75) is 41.0 Å². The Kier molecular flexibility index (Phi) is 5.15. The van der Waals surface area contributed by atoms with E-state index < -0.39 is 0 Å². The molecular formula is C17H27N. The van der Waals surface area contributed by atoms with Crippen molar-refractivity contribution in [3.63, 3.8) is 0 Å². The maximum atomic E-state index is 4.02. The predicted octanol–water partition coefficient (Wildman–Crippen LogP) is 3.96. The normalized spacial score (nSPS) is 14.3. The van der Waals surface area contributed by atoms with Gasteiger partial charge >= 0.3 is 0 Å². The zero-order chi connectivity index (χ0) is 13.8. The van der Waals surface area contributed by atoms with Gasteiger partial charge in [-0.2, -0.15) is 0 Å². The SMILES string of the molecule is C=CC(C)(CNCC)Cc1c(C)cc(C)cc1C. The predicted molar refractivity (Wildman–Crippen MR) is 81.2 cm³/mol. The Bertz CT molecular complexity index is 397. The van der Waals surface area contributed by atoms with Gasteiger partial charge in [-0.05, 0) is 50.4 Å². The number of aryl methyl sites for hydroxylation is 3. The number of hydrogen-bond donors (Lipinski definition) is 1. The van der Waals surface area contributed by atoms with Crippen LogP contribution in [-0.4, -0.2) is 13.1 Å². The highest BCUT2D eigenvalue weighted by Crippen LogP contribution is 2.27. The van der Waals surface area contributed by atoms with E-state index in [1.165, 1.54) is 22.3 Å². The zero-order valence-electron chi connectivity index (χ0n) is 12.6. The Morgan fingerprint density at radius 2 is 1.78 bits per heavy atom. The highest BCUT2D eigenvalue weighted by Gasteiger charge is 2.22. The minimum Gasteiger partial charge on any atom is -0.316 e. The minimum absolute atomic E-state index is 0.126. The van der Waals surface area contributed by atoms with Crippen LogP contribution in [-0.2, 0) is 6.42 Å². The fourth-order valence-electron chi connectivity index (χ4n) is 2.51. The number of nitrogens with one attached hydrogen (secondary N) is 1. The van der Waals surface area contributed by atoms with E-state index in [9.17, 15) is 0 Å². The largest absolute Gasteiger partial charge is 0.316 e. The molecule has 100 valence electrons. The molecule has 0 aliphatic carbocycles. The minimum atomic E-state index is 0.126. The summed E-state index contributed by atoms with van der Waals surface area (Å²) >= 11 is 0. The Balaban J connectivity index is 2.98. The summed E-state index contributed by atoms with van der Waals surface area (Å²) in [5.74, 6) is 0. The second-order valence-corrected chi connectivity index (χ2v) is 5.69. The lowest BCUT2D eigenvalue weighted by atomic mass is 9.80. The number of benzene rings is 1.